The summed E-state index contributed by atoms with van der Waals surface area (Å²) < 4.78 is 13.6. The van der Waals surface area contributed by atoms with Gasteiger partial charge in [-0.2, -0.15) is 0 Å². The normalized spacial score (nSPS) is 17.5. The Bertz CT molecular complexity index is 524. The van der Waals surface area contributed by atoms with Gasteiger partial charge in [0.2, 0.25) is 5.91 Å². The number of carboxylic acid groups (broad SMARTS) is 1. The van der Waals surface area contributed by atoms with Crippen LogP contribution in [0.5, 0.6) is 0 Å². The lowest BCUT2D eigenvalue weighted by Gasteiger charge is -2.32. The molecule has 1 aromatic carbocycles. The quantitative estimate of drug-likeness (QED) is 0.927. The molecule has 1 atom stereocenters. The first-order valence-corrected chi connectivity index (χ1v) is 7.24. The van der Waals surface area contributed by atoms with Gasteiger partial charge in [0, 0.05) is 19.0 Å². The molecule has 1 amide bonds. The molecule has 1 aliphatic rings. The van der Waals surface area contributed by atoms with Crippen molar-refractivity contribution < 1.29 is 19.1 Å². The number of carbonyl (C=O) groups excluding carboxylic acids is 1. The van der Waals surface area contributed by atoms with Gasteiger partial charge in [-0.3, -0.25) is 9.59 Å². The summed E-state index contributed by atoms with van der Waals surface area (Å²) in [5.41, 5.74) is 0.541. The molecule has 0 aromatic heterocycles. The SMILES string of the molecule is C[C@H](Cc1ccccc1F)C(=O)N1CCC(C(=O)O)CC1. The number of halogens is 1. The zero-order chi connectivity index (χ0) is 15.4. The Morgan fingerprint density at radius 2 is 1.95 bits per heavy atom. The lowest BCUT2D eigenvalue weighted by Crippen LogP contribution is -2.43. The minimum atomic E-state index is -0.790. The number of hydrogen-bond acceptors (Lipinski definition) is 2. The number of carboxylic acids is 1. The van der Waals surface area contributed by atoms with Crippen LogP contribution in [0.1, 0.15) is 25.3 Å². The molecule has 1 saturated heterocycles. The summed E-state index contributed by atoms with van der Waals surface area (Å²) in [6.45, 7) is 2.73. The maximum Gasteiger partial charge on any atom is 0.306 e. The molecule has 0 spiro atoms. The van der Waals surface area contributed by atoms with Gasteiger partial charge in [0.05, 0.1) is 5.92 Å². The number of aliphatic carboxylic acids is 1. The molecule has 21 heavy (non-hydrogen) atoms. The van der Waals surface area contributed by atoms with E-state index in [9.17, 15) is 14.0 Å². The highest BCUT2D eigenvalue weighted by Gasteiger charge is 2.29. The molecule has 4 nitrogen and oxygen atoms in total. The van der Waals surface area contributed by atoms with Crippen LogP contribution in [0.25, 0.3) is 0 Å². The summed E-state index contributed by atoms with van der Waals surface area (Å²) in [6.07, 6.45) is 1.35. The summed E-state index contributed by atoms with van der Waals surface area (Å²) in [5, 5.41) is 8.95. The van der Waals surface area contributed by atoms with Gasteiger partial charge in [0.15, 0.2) is 0 Å². The van der Waals surface area contributed by atoms with Crippen molar-refractivity contribution in [2.24, 2.45) is 11.8 Å². The minimum absolute atomic E-state index is 0.0258. The van der Waals surface area contributed by atoms with Crippen molar-refractivity contribution in [3.63, 3.8) is 0 Å². The first-order chi connectivity index (χ1) is 9.99. The van der Waals surface area contributed by atoms with Gasteiger partial charge in [0.25, 0.3) is 0 Å². The Morgan fingerprint density at radius 1 is 1.33 bits per heavy atom. The second-order valence-electron chi connectivity index (χ2n) is 5.63. The average Bonchev–Trinajstić information content (AvgIpc) is 2.49. The molecule has 0 saturated carbocycles. The maximum atomic E-state index is 13.6. The molecule has 1 fully saturated rings. The number of carbonyl (C=O) groups is 2. The van der Waals surface area contributed by atoms with Crippen molar-refractivity contribution in [1.82, 2.24) is 4.90 Å². The van der Waals surface area contributed by atoms with Gasteiger partial charge in [0.1, 0.15) is 5.82 Å². The van der Waals surface area contributed by atoms with Gasteiger partial charge >= 0.3 is 5.97 Å². The first kappa shape index (κ1) is 15.5. The van der Waals surface area contributed by atoms with Crippen LogP contribution in [0.2, 0.25) is 0 Å². The predicted octanol–water partition coefficient (Wildman–Crippen LogP) is 2.33. The van der Waals surface area contributed by atoms with Crippen molar-refractivity contribution in [3.05, 3.63) is 35.6 Å². The number of rotatable bonds is 4. The van der Waals surface area contributed by atoms with E-state index in [1.165, 1.54) is 6.07 Å². The van der Waals surface area contributed by atoms with Gasteiger partial charge in [-0.1, -0.05) is 25.1 Å². The van der Waals surface area contributed by atoms with E-state index in [0.29, 0.717) is 37.9 Å². The Morgan fingerprint density at radius 3 is 2.52 bits per heavy atom. The minimum Gasteiger partial charge on any atom is -0.481 e. The monoisotopic (exact) mass is 293 g/mol. The fraction of sp³-hybridized carbons (Fsp3) is 0.500. The molecule has 1 aromatic rings. The second-order valence-corrected chi connectivity index (χ2v) is 5.63. The maximum absolute atomic E-state index is 13.6. The van der Waals surface area contributed by atoms with Gasteiger partial charge in [-0.05, 0) is 30.9 Å². The largest absolute Gasteiger partial charge is 0.481 e. The van der Waals surface area contributed by atoms with Crippen molar-refractivity contribution in [2.75, 3.05) is 13.1 Å². The summed E-state index contributed by atoms with van der Waals surface area (Å²) in [7, 11) is 0. The van der Waals surface area contributed by atoms with Crippen LogP contribution in [0.4, 0.5) is 4.39 Å². The molecular weight excluding hydrogens is 273 g/mol. The van der Waals surface area contributed by atoms with E-state index < -0.39 is 5.97 Å². The smallest absolute Gasteiger partial charge is 0.306 e. The van der Waals surface area contributed by atoms with Crippen LogP contribution in [0.3, 0.4) is 0 Å². The molecule has 1 aliphatic heterocycles. The van der Waals surface area contributed by atoms with E-state index in [1.54, 1.807) is 30.0 Å². The molecule has 114 valence electrons. The van der Waals surface area contributed by atoms with Crippen molar-refractivity contribution in [1.29, 1.82) is 0 Å². The van der Waals surface area contributed by atoms with Gasteiger partial charge in [-0.25, -0.2) is 4.39 Å². The summed E-state index contributed by atoms with van der Waals surface area (Å²) in [5.74, 6) is -1.76. The van der Waals surface area contributed by atoms with E-state index in [2.05, 4.69) is 0 Å². The molecule has 5 heteroatoms. The molecular formula is C16H20FNO3. The zero-order valence-corrected chi connectivity index (χ0v) is 12.1. The highest BCUT2D eigenvalue weighted by molar-refractivity contribution is 5.79. The Kier molecular flexibility index (Phi) is 4.94. The molecule has 0 radical (unpaired) electrons. The van der Waals surface area contributed by atoms with Crippen LogP contribution in [0.15, 0.2) is 24.3 Å². The van der Waals surface area contributed by atoms with Gasteiger partial charge in [-0.15, -0.1) is 0 Å². The topological polar surface area (TPSA) is 57.6 Å². The van der Waals surface area contributed by atoms with E-state index in [-0.39, 0.29) is 23.6 Å². The fourth-order valence-corrected chi connectivity index (χ4v) is 2.74. The van der Waals surface area contributed by atoms with Crippen LogP contribution in [-0.2, 0) is 16.0 Å². The second kappa shape index (κ2) is 6.70. The molecule has 0 unspecified atom stereocenters. The number of likely N-dealkylation sites (tertiary alicyclic amines) is 1. The number of piperidine rings is 1. The van der Waals surface area contributed by atoms with Crippen molar-refractivity contribution in [2.45, 2.75) is 26.2 Å². The average molecular weight is 293 g/mol. The van der Waals surface area contributed by atoms with Gasteiger partial charge < -0.3 is 10.0 Å². The lowest BCUT2D eigenvalue weighted by molar-refractivity contribution is -0.146. The van der Waals surface area contributed by atoms with Crippen LogP contribution in [0, 0.1) is 17.7 Å². The fourth-order valence-electron chi connectivity index (χ4n) is 2.74. The molecule has 0 bridgehead atoms. The van der Waals surface area contributed by atoms with E-state index >= 15 is 0 Å². The molecule has 0 aliphatic carbocycles. The Hall–Kier alpha value is -1.91. The van der Waals surface area contributed by atoms with E-state index in [1.807, 2.05) is 0 Å². The number of benzene rings is 1. The third-order valence-electron chi connectivity index (χ3n) is 4.06. The van der Waals surface area contributed by atoms with Crippen LogP contribution >= 0.6 is 0 Å². The highest BCUT2D eigenvalue weighted by atomic mass is 19.1. The number of amides is 1. The van der Waals surface area contributed by atoms with Crippen molar-refractivity contribution >= 4 is 11.9 Å². The summed E-state index contributed by atoms with van der Waals surface area (Å²) >= 11 is 0. The summed E-state index contributed by atoms with van der Waals surface area (Å²) in [6, 6.07) is 6.47. The van der Waals surface area contributed by atoms with E-state index in [4.69, 9.17) is 5.11 Å². The van der Waals surface area contributed by atoms with Crippen LogP contribution < -0.4 is 0 Å². The number of hydrogen-bond donors (Lipinski definition) is 1. The summed E-state index contributed by atoms with van der Waals surface area (Å²) in [4.78, 5) is 24.9. The third-order valence-corrected chi connectivity index (χ3v) is 4.06. The lowest BCUT2D eigenvalue weighted by atomic mass is 9.94. The Balaban J connectivity index is 1.92. The molecule has 1 heterocycles. The van der Waals surface area contributed by atoms with Crippen LogP contribution in [-0.4, -0.2) is 35.0 Å². The zero-order valence-electron chi connectivity index (χ0n) is 12.1. The standard InChI is InChI=1S/C16H20FNO3/c1-11(10-13-4-2-3-5-14(13)17)15(19)18-8-6-12(7-9-18)16(20)21/h2-5,11-12H,6-10H2,1H3,(H,20,21)/t11-/m1/s1. The van der Waals surface area contributed by atoms with E-state index in [0.717, 1.165) is 0 Å². The number of nitrogens with zero attached hydrogens (tertiary/aromatic N) is 1. The third kappa shape index (κ3) is 3.80. The molecule has 1 N–H and O–H groups in total. The van der Waals surface area contributed by atoms with Crippen molar-refractivity contribution in [3.8, 4) is 0 Å². The Labute approximate surface area is 123 Å². The predicted molar refractivity (Wildman–Crippen MR) is 76.2 cm³/mol. The molecule has 2 rings (SSSR count). The first-order valence-electron chi connectivity index (χ1n) is 7.24. The highest BCUT2D eigenvalue weighted by Crippen LogP contribution is 2.21.